The Balaban J connectivity index is 1.25. The molecule has 3 aromatic rings. The maximum Gasteiger partial charge on any atom is 0.251 e. The van der Waals surface area contributed by atoms with Gasteiger partial charge >= 0.3 is 0 Å². The van der Waals surface area contributed by atoms with Crippen LogP contribution in [0.3, 0.4) is 0 Å². The zero-order valence-electron chi connectivity index (χ0n) is 16.0. The van der Waals surface area contributed by atoms with Crippen molar-refractivity contribution in [2.24, 2.45) is 0 Å². The van der Waals surface area contributed by atoms with E-state index in [1.165, 1.54) is 0 Å². The number of hydrogen-bond donors (Lipinski definition) is 1. The van der Waals surface area contributed by atoms with E-state index in [0.29, 0.717) is 17.2 Å². The molecule has 1 aliphatic carbocycles. The number of benzene rings is 2. The number of carbonyl (C=O) groups excluding carboxylic acids is 1. The minimum Gasteiger partial charge on any atom is -0.473 e. The molecule has 1 fully saturated rings. The van der Waals surface area contributed by atoms with Crippen LogP contribution in [0.2, 0.25) is 0 Å². The van der Waals surface area contributed by atoms with Gasteiger partial charge in [0.1, 0.15) is 17.6 Å². The summed E-state index contributed by atoms with van der Waals surface area (Å²) in [5.41, 5.74) is 0.628. The number of aromatic nitrogens is 2. The standard InChI is InChI=1S/C23H23N3O3/c27-23(17-6-10-20(11-7-17)28-19-4-2-1-3-5-19)26-18-8-12-21(13-9-18)29-22-16-24-14-15-25-22/h1-7,10-11,14-16,18,21H,8-9,12-13H2,(H,26,27). The van der Waals surface area contributed by atoms with Gasteiger partial charge in [-0.15, -0.1) is 0 Å². The van der Waals surface area contributed by atoms with Gasteiger partial charge in [-0.1, -0.05) is 18.2 Å². The van der Waals surface area contributed by atoms with Crippen LogP contribution in [0.1, 0.15) is 36.0 Å². The summed E-state index contributed by atoms with van der Waals surface area (Å²) in [7, 11) is 0. The fourth-order valence-electron chi connectivity index (χ4n) is 3.41. The molecule has 0 aliphatic heterocycles. The van der Waals surface area contributed by atoms with Crippen molar-refractivity contribution >= 4 is 5.91 Å². The van der Waals surface area contributed by atoms with E-state index in [2.05, 4.69) is 15.3 Å². The van der Waals surface area contributed by atoms with Crippen LogP contribution in [0, 0.1) is 0 Å². The third-order valence-electron chi connectivity index (χ3n) is 4.93. The average Bonchev–Trinajstić information content (AvgIpc) is 2.77. The largest absolute Gasteiger partial charge is 0.473 e. The molecule has 0 saturated heterocycles. The second-order valence-electron chi connectivity index (χ2n) is 7.05. The van der Waals surface area contributed by atoms with Crippen molar-refractivity contribution in [1.82, 2.24) is 15.3 Å². The van der Waals surface area contributed by atoms with Crippen LogP contribution in [0.15, 0.2) is 73.2 Å². The van der Waals surface area contributed by atoms with Gasteiger partial charge in [-0.05, 0) is 62.1 Å². The zero-order chi connectivity index (χ0) is 19.9. The number of hydrogen-bond acceptors (Lipinski definition) is 5. The molecule has 1 aliphatic rings. The minimum atomic E-state index is -0.0606. The fraction of sp³-hybridized carbons (Fsp3) is 0.261. The number of ether oxygens (including phenoxy) is 2. The number of rotatable bonds is 6. The summed E-state index contributed by atoms with van der Waals surface area (Å²) >= 11 is 0. The van der Waals surface area contributed by atoms with Crippen molar-refractivity contribution in [3.05, 3.63) is 78.8 Å². The highest BCUT2D eigenvalue weighted by Crippen LogP contribution is 2.24. The van der Waals surface area contributed by atoms with Crippen molar-refractivity contribution in [3.8, 4) is 17.4 Å². The van der Waals surface area contributed by atoms with Crippen LogP contribution < -0.4 is 14.8 Å². The number of nitrogens with one attached hydrogen (secondary N) is 1. The van der Waals surface area contributed by atoms with Gasteiger partial charge in [0.15, 0.2) is 0 Å². The van der Waals surface area contributed by atoms with Crippen molar-refractivity contribution < 1.29 is 14.3 Å². The number of carbonyl (C=O) groups is 1. The Hall–Kier alpha value is -3.41. The van der Waals surface area contributed by atoms with Crippen LogP contribution in [-0.2, 0) is 0 Å². The van der Waals surface area contributed by atoms with E-state index >= 15 is 0 Å². The average molecular weight is 389 g/mol. The van der Waals surface area contributed by atoms with Crippen LogP contribution in [0.5, 0.6) is 17.4 Å². The van der Waals surface area contributed by atoms with Gasteiger partial charge in [-0.2, -0.15) is 0 Å². The first kappa shape index (κ1) is 18.9. The summed E-state index contributed by atoms with van der Waals surface area (Å²) in [6.07, 6.45) is 8.51. The van der Waals surface area contributed by atoms with Crippen LogP contribution in [-0.4, -0.2) is 28.0 Å². The Labute approximate surface area is 169 Å². The highest BCUT2D eigenvalue weighted by molar-refractivity contribution is 5.94. The van der Waals surface area contributed by atoms with Gasteiger partial charge in [-0.25, -0.2) is 4.98 Å². The maximum atomic E-state index is 12.6. The highest BCUT2D eigenvalue weighted by Gasteiger charge is 2.24. The molecule has 1 aromatic heterocycles. The Morgan fingerprint density at radius 3 is 2.31 bits per heavy atom. The Morgan fingerprint density at radius 1 is 0.897 bits per heavy atom. The maximum absolute atomic E-state index is 12.6. The molecule has 1 saturated carbocycles. The first-order chi connectivity index (χ1) is 14.3. The van der Waals surface area contributed by atoms with Crippen molar-refractivity contribution in [2.75, 3.05) is 0 Å². The second kappa shape index (κ2) is 9.19. The van der Waals surface area contributed by atoms with Crippen molar-refractivity contribution in [2.45, 2.75) is 37.8 Å². The third kappa shape index (κ3) is 5.31. The molecule has 29 heavy (non-hydrogen) atoms. The Bertz CT molecular complexity index is 909. The SMILES string of the molecule is O=C(NC1CCC(Oc2cnccn2)CC1)c1ccc(Oc2ccccc2)cc1. The molecule has 0 bridgehead atoms. The molecule has 0 radical (unpaired) electrons. The number of para-hydroxylation sites is 1. The van der Waals surface area contributed by atoms with Gasteiger partial charge < -0.3 is 14.8 Å². The summed E-state index contributed by atoms with van der Waals surface area (Å²) in [4.78, 5) is 20.7. The molecule has 2 aromatic carbocycles. The van der Waals surface area contributed by atoms with Gasteiger partial charge in [-0.3, -0.25) is 9.78 Å². The summed E-state index contributed by atoms with van der Waals surface area (Å²) in [6.45, 7) is 0. The van der Waals surface area contributed by atoms with Crippen LogP contribution in [0.4, 0.5) is 0 Å². The Morgan fingerprint density at radius 2 is 1.62 bits per heavy atom. The van der Waals surface area contributed by atoms with E-state index in [4.69, 9.17) is 9.47 Å². The topological polar surface area (TPSA) is 73.3 Å². The molecule has 6 nitrogen and oxygen atoms in total. The molecule has 4 rings (SSSR count). The number of amides is 1. The predicted molar refractivity (Wildman–Crippen MR) is 109 cm³/mol. The van der Waals surface area contributed by atoms with Gasteiger partial charge in [0, 0.05) is 24.0 Å². The van der Waals surface area contributed by atoms with Crippen molar-refractivity contribution in [3.63, 3.8) is 0 Å². The highest BCUT2D eigenvalue weighted by atomic mass is 16.5. The molecular formula is C23H23N3O3. The molecule has 0 atom stereocenters. The summed E-state index contributed by atoms with van der Waals surface area (Å²) < 4.78 is 11.6. The predicted octanol–water partition coefficient (Wildman–Crippen LogP) is 4.39. The molecular weight excluding hydrogens is 366 g/mol. The zero-order valence-corrected chi connectivity index (χ0v) is 16.0. The first-order valence-corrected chi connectivity index (χ1v) is 9.83. The lowest BCUT2D eigenvalue weighted by Gasteiger charge is -2.29. The summed E-state index contributed by atoms with van der Waals surface area (Å²) in [6, 6.07) is 16.9. The lowest BCUT2D eigenvalue weighted by atomic mass is 9.92. The summed E-state index contributed by atoms with van der Waals surface area (Å²) in [5.74, 6) is 1.96. The fourth-order valence-corrected chi connectivity index (χ4v) is 3.41. The van der Waals surface area contributed by atoms with E-state index in [1.807, 2.05) is 42.5 Å². The molecule has 6 heteroatoms. The lowest BCUT2D eigenvalue weighted by molar-refractivity contribution is 0.0890. The number of nitrogens with zero attached hydrogens (tertiary/aromatic N) is 2. The van der Waals surface area contributed by atoms with Gasteiger partial charge in [0.05, 0.1) is 6.20 Å². The van der Waals surface area contributed by atoms with Crippen LogP contribution >= 0.6 is 0 Å². The molecule has 1 heterocycles. The van der Waals surface area contributed by atoms with Crippen LogP contribution in [0.25, 0.3) is 0 Å². The normalized spacial score (nSPS) is 18.6. The van der Waals surface area contributed by atoms with E-state index in [9.17, 15) is 4.79 Å². The summed E-state index contributed by atoms with van der Waals surface area (Å²) in [5, 5.41) is 3.13. The van der Waals surface area contributed by atoms with E-state index in [-0.39, 0.29) is 18.1 Å². The smallest absolute Gasteiger partial charge is 0.251 e. The van der Waals surface area contributed by atoms with E-state index in [0.717, 1.165) is 31.4 Å². The molecule has 148 valence electrons. The molecule has 1 amide bonds. The Kier molecular flexibility index (Phi) is 6.00. The van der Waals surface area contributed by atoms with Gasteiger partial charge in [0.2, 0.25) is 5.88 Å². The monoisotopic (exact) mass is 389 g/mol. The van der Waals surface area contributed by atoms with E-state index in [1.54, 1.807) is 30.7 Å². The van der Waals surface area contributed by atoms with Gasteiger partial charge in [0.25, 0.3) is 5.91 Å². The van der Waals surface area contributed by atoms with E-state index < -0.39 is 0 Å². The lowest BCUT2D eigenvalue weighted by Crippen LogP contribution is -2.39. The second-order valence-corrected chi connectivity index (χ2v) is 7.05. The quantitative estimate of drug-likeness (QED) is 0.677. The molecule has 1 N–H and O–H groups in total. The third-order valence-corrected chi connectivity index (χ3v) is 4.93. The first-order valence-electron chi connectivity index (χ1n) is 9.83. The minimum absolute atomic E-state index is 0.0606. The molecule has 0 unspecified atom stereocenters. The van der Waals surface area contributed by atoms with Crippen molar-refractivity contribution in [1.29, 1.82) is 0 Å². The molecule has 0 spiro atoms.